The molecule has 0 aromatic carbocycles. The van der Waals surface area contributed by atoms with Crippen LogP contribution in [0.1, 0.15) is 0 Å². The molecule has 0 rings (SSSR count). The first-order valence-electron chi connectivity index (χ1n) is 0. The van der Waals surface area contributed by atoms with Crippen LogP contribution < -0.4 is 0 Å². The molecule has 4 heavy (non-hydrogen) atoms. The molecule has 0 fully saturated rings. The van der Waals surface area contributed by atoms with E-state index < -0.39 is 0 Å². The molecular weight excluding hydrogens is 196 g/mol. The molecule has 0 aliphatic heterocycles. The minimum atomic E-state index is 0. The molecule has 0 nitrogen and oxygen atoms in total. The van der Waals surface area contributed by atoms with Crippen LogP contribution in [0.4, 0.5) is 0 Å². The van der Waals surface area contributed by atoms with Crippen molar-refractivity contribution in [3.63, 3.8) is 0 Å². The maximum absolute atomic E-state index is 0. The monoisotopic (exact) mass is 196 g/mol. The second-order valence-corrected chi connectivity index (χ2v) is 0. The molecule has 0 bridgehead atoms. The third-order valence-electron chi connectivity index (χ3n) is 0. The van der Waals surface area contributed by atoms with E-state index in [4.69, 9.17) is 0 Å². The van der Waals surface area contributed by atoms with E-state index in [-0.39, 0.29) is 89.5 Å². The van der Waals surface area contributed by atoms with Crippen LogP contribution in [0.25, 0.3) is 0 Å². The Bertz CT molecular complexity index is 8.00. The van der Waals surface area contributed by atoms with Crippen molar-refractivity contribution in [2.24, 2.45) is 0 Å². The van der Waals surface area contributed by atoms with Crippen molar-refractivity contribution in [2.75, 3.05) is 0 Å². The largest absolute Gasteiger partial charge is 0 e. The van der Waals surface area contributed by atoms with Crippen LogP contribution in [0, 0.1) is 0 Å². The molecule has 0 saturated heterocycles. The number of hydrogen-bond acceptors (Lipinski definition) is 0. The van der Waals surface area contributed by atoms with Gasteiger partial charge in [-0.15, -0.1) is 0 Å². The third-order valence-corrected chi connectivity index (χ3v) is 0. The Morgan fingerprint density at radius 3 is 1.00 bits per heavy atom. The van der Waals surface area contributed by atoms with Crippen LogP contribution in [0.2, 0.25) is 0 Å². The third kappa shape index (κ3) is 8.87. The zero-order valence-corrected chi connectivity index (χ0v) is 10.2. The number of rotatable bonds is 0. The first-order valence-corrected chi connectivity index (χ1v) is 0. The van der Waals surface area contributed by atoms with E-state index in [0.29, 0.717) is 0 Å². The average molecular weight is 196 g/mol. The number of hydrogen-bond donors (Lipinski definition) is 0. The summed E-state index contributed by atoms with van der Waals surface area (Å²) in [6.45, 7) is 0. The van der Waals surface area contributed by atoms with E-state index in [9.17, 15) is 0 Å². The smallest absolute Gasteiger partial charge is 0 e. The van der Waals surface area contributed by atoms with Crippen LogP contribution in [0.15, 0.2) is 0 Å². The summed E-state index contributed by atoms with van der Waals surface area (Å²) < 4.78 is 0. The van der Waals surface area contributed by atoms with E-state index in [1.165, 1.54) is 0 Å². The normalized spacial score (nSPS) is 0. The molecule has 8 radical (unpaired) electrons. The first-order chi connectivity index (χ1) is 0. The molecular formula is GaMgNaSe. The van der Waals surface area contributed by atoms with Gasteiger partial charge in [-0.3, -0.25) is 0 Å². The zero-order valence-electron chi connectivity index (χ0n) is 2.69. The van der Waals surface area contributed by atoms with Gasteiger partial charge in [0.15, 0.2) is 0 Å². The van der Waals surface area contributed by atoms with Gasteiger partial charge < -0.3 is 0 Å². The van der Waals surface area contributed by atoms with Crippen LogP contribution in [0.3, 0.4) is 0 Å². The van der Waals surface area contributed by atoms with Crippen molar-refractivity contribution in [2.45, 2.75) is 0 Å². The summed E-state index contributed by atoms with van der Waals surface area (Å²) in [5.41, 5.74) is 0. The SMILES string of the molecule is [Ga].[Mg].[Na].[Se]. The van der Waals surface area contributed by atoms with Gasteiger partial charge in [-0.05, 0) is 0 Å². The van der Waals surface area contributed by atoms with E-state index in [2.05, 4.69) is 0 Å². The Morgan fingerprint density at radius 1 is 1.00 bits per heavy atom. The van der Waals surface area contributed by atoms with Gasteiger partial charge in [-0.25, -0.2) is 0 Å². The van der Waals surface area contributed by atoms with Crippen molar-refractivity contribution < 1.29 is 0 Å². The molecule has 0 aromatic heterocycles. The fraction of sp³-hybridized carbons (Fsp3) is 0. The van der Waals surface area contributed by atoms with Crippen molar-refractivity contribution in [3.8, 4) is 0 Å². The molecule has 0 atom stereocenters. The summed E-state index contributed by atoms with van der Waals surface area (Å²) in [5, 5.41) is 0. The topological polar surface area (TPSA) is 0 Å². The minimum Gasteiger partial charge on any atom is 0 e. The Morgan fingerprint density at radius 2 is 1.00 bits per heavy atom. The predicted octanol–water partition coefficient (Wildman–Crippen LogP) is -1.52. The van der Waals surface area contributed by atoms with Gasteiger partial charge >= 0.3 is 0 Å². The van der Waals surface area contributed by atoms with Crippen LogP contribution in [0.5, 0.6) is 0 Å². The molecule has 0 saturated carbocycles. The fourth-order valence-corrected chi connectivity index (χ4v) is 0. The first kappa shape index (κ1) is 28.4. The Hall–Kier alpha value is 2.92. The second-order valence-electron chi connectivity index (χ2n) is 0. The van der Waals surface area contributed by atoms with Crippen LogP contribution in [-0.2, 0) is 0 Å². The van der Waals surface area contributed by atoms with Gasteiger partial charge in [0, 0.05) is 89.5 Å². The van der Waals surface area contributed by atoms with Gasteiger partial charge in [0.05, 0.1) is 0 Å². The predicted molar refractivity (Wildman–Crippen MR) is 23.0 cm³/mol. The Balaban J connectivity index is 0. The summed E-state index contributed by atoms with van der Waals surface area (Å²) in [6.07, 6.45) is 0. The Kier molecular flexibility index (Phi) is 119. The molecule has 0 amide bonds. The fourth-order valence-electron chi connectivity index (χ4n) is 0. The van der Waals surface area contributed by atoms with E-state index in [1.807, 2.05) is 0 Å². The van der Waals surface area contributed by atoms with Crippen LogP contribution >= 0.6 is 0 Å². The summed E-state index contributed by atoms with van der Waals surface area (Å²) in [4.78, 5) is 0. The van der Waals surface area contributed by atoms with Crippen molar-refractivity contribution in [3.05, 3.63) is 0 Å². The molecule has 0 aromatic rings. The maximum atomic E-state index is 0. The molecule has 0 spiro atoms. The summed E-state index contributed by atoms with van der Waals surface area (Å²) in [6, 6.07) is 0. The van der Waals surface area contributed by atoms with Crippen molar-refractivity contribution >= 4 is 89.5 Å². The van der Waals surface area contributed by atoms with E-state index in [1.54, 1.807) is 0 Å². The zero-order chi connectivity index (χ0) is 0. The van der Waals surface area contributed by atoms with Gasteiger partial charge in [0.25, 0.3) is 0 Å². The second kappa shape index (κ2) is 16.8. The van der Waals surface area contributed by atoms with Crippen molar-refractivity contribution in [1.82, 2.24) is 0 Å². The molecule has 0 N–H and O–H groups in total. The molecule has 0 heterocycles. The quantitative estimate of drug-likeness (QED) is 0.412. The van der Waals surface area contributed by atoms with Gasteiger partial charge in [0.2, 0.25) is 0 Å². The van der Waals surface area contributed by atoms with Crippen molar-refractivity contribution in [1.29, 1.82) is 0 Å². The van der Waals surface area contributed by atoms with E-state index in [0.717, 1.165) is 0 Å². The van der Waals surface area contributed by atoms with Crippen LogP contribution in [-0.4, -0.2) is 89.5 Å². The minimum absolute atomic E-state index is 0. The molecule has 0 unspecified atom stereocenters. The molecule has 0 aliphatic rings. The molecule has 0 aliphatic carbocycles. The average Bonchev–Trinajstić information content (AvgIpc) is 0. The summed E-state index contributed by atoms with van der Waals surface area (Å²) >= 11 is 0. The van der Waals surface area contributed by atoms with E-state index >= 15 is 0 Å². The summed E-state index contributed by atoms with van der Waals surface area (Å²) in [7, 11) is 0. The molecule has 4 heteroatoms. The standard InChI is InChI=1S/Ga.Mg.Na.Se. The Labute approximate surface area is 87.8 Å². The van der Waals surface area contributed by atoms with Gasteiger partial charge in [-0.1, -0.05) is 0 Å². The van der Waals surface area contributed by atoms with Gasteiger partial charge in [0.1, 0.15) is 0 Å². The molecule has 12 valence electrons. The summed E-state index contributed by atoms with van der Waals surface area (Å²) in [5.74, 6) is 0. The van der Waals surface area contributed by atoms with Gasteiger partial charge in [-0.2, -0.15) is 0 Å². The maximum Gasteiger partial charge on any atom is 0 e.